The van der Waals surface area contributed by atoms with Crippen LogP contribution in [0.25, 0.3) is 0 Å². The zero-order valence-corrected chi connectivity index (χ0v) is 8.20. The SMILES string of the molecule is CC(=O)C1(c2cc(C)cs2)CC1. The van der Waals surface area contributed by atoms with Crippen LogP contribution in [-0.2, 0) is 10.2 Å². The zero-order chi connectivity index (χ0) is 8.77. The van der Waals surface area contributed by atoms with Crippen molar-refractivity contribution in [2.24, 2.45) is 0 Å². The lowest BCUT2D eigenvalue weighted by atomic mass is 10.00. The molecule has 1 heterocycles. The highest BCUT2D eigenvalue weighted by Gasteiger charge is 2.49. The number of rotatable bonds is 2. The first-order valence-corrected chi connectivity index (χ1v) is 5.10. The van der Waals surface area contributed by atoms with Gasteiger partial charge in [0.15, 0.2) is 0 Å². The molecule has 1 aromatic heterocycles. The monoisotopic (exact) mass is 180 g/mol. The van der Waals surface area contributed by atoms with E-state index in [1.165, 1.54) is 10.4 Å². The highest BCUT2D eigenvalue weighted by atomic mass is 32.1. The quantitative estimate of drug-likeness (QED) is 0.684. The molecule has 12 heavy (non-hydrogen) atoms. The van der Waals surface area contributed by atoms with Gasteiger partial charge in [0.1, 0.15) is 5.78 Å². The van der Waals surface area contributed by atoms with E-state index in [0.717, 1.165) is 12.8 Å². The first-order chi connectivity index (χ1) is 5.65. The summed E-state index contributed by atoms with van der Waals surface area (Å²) >= 11 is 1.73. The third kappa shape index (κ3) is 1.02. The predicted molar refractivity (Wildman–Crippen MR) is 50.6 cm³/mol. The fraction of sp³-hybridized carbons (Fsp3) is 0.500. The second kappa shape index (κ2) is 2.43. The number of hydrogen-bond donors (Lipinski definition) is 0. The highest BCUT2D eigenvalue weighted by molar-refractivity contribution is 7.10. The molecule has 0 N–H and O–H groups in total. The molecular formula is C10H12OS. The van der Waals surface area contributed by atoms with Gasteiger partial charge in [-0.25, -0.2) is 0 Å². The molecule has 1 fully saturated rings. The van der Waals surface area contributed by atoms with Crippen molar-refractivity contribution in [3.63, 3.8) is 0 Å². The highest BCUT2D eigenvalue weighted by Crippen LogP contribution is 2.50. The van der Waals surface area contributed by atoms with Crippen LogP contribution in [0.3, 0.4) is 0 Å². The minimum absolute atomic E-state index is 0.0566. The lowest BCUT2D eigenvalue weighted by Gasteiger charge is -2.06. The second-order valence-corrected chi connectivity index (χ2v) is 4.54. The normalized spacial score (nSPS) is 19.2. The molecule has 0 saturated heterocycles. The second-order valence-electron chi connectivity index (χ2n) is 3.63. The van der Waals surface area contributed by atoms with Gasteiger partial charge in [-0.05, 0) is 43.7 Å². The lowest BCUT2D eigenvalue weighted by Crippen LogP contribution is -2.14. The molecule has 0 aromatic carbocycles. The topological polar surface area (TPSA) is 17.1 Å². The smallest absolute Gasteiger partial charge is 0.141 e. The van der Waals surface area contributed by atoms with Gasteiger partial charge < -0.3 is 0 Å². The number of Topliss-reactive ketones (excluding diaryl/α,β-unsaturated/α-hetero) is 1. The van der Waals surface area contributed by atoms with E-state index in [9.17, 15) is 4.79 Å². The third-order valence-corrected chi connectivity index (χ3v) is 3.88. The maximum Gasteiger partial charge on any atom is 0.141 e. The molecule has 1 aromatic rings. The average Bonchev–Trinajstić information content (AvgIpc) is 2.71. The van der Waals surface area contributed by atoms with E-state index in [1.807, 2.05) is 0 Å². The Morgan fingerprint density at radius 1 is 1.58 bits per heavy atom. The summed E-state index contributed by atoms with van der Waals surface area (Å²) in [5.41, 5.74) is 1.22. The van der Waals surface area contributed by atoms with Gasteiger partial charge in [-0.15, -0.1) is 11.3 Å². The first-order valence-electron chi connectivity index (χ1n) is 4.22. The molecule has 0 amide bonds. The van der Waals surface area contributed by atoms with Crippen LogP contribution in [0.2, 0.25) is 0 Å². The van der Waals surface area contributed by atoms with Gasteiger partial charge >= 0.3 is 0 Å². The molecule has 0 atom stereocenters. The summed E-state index contributed by atoms with van der Waals surface area (Å²) in [6, 6.07) is 2.15. The summed E-state index contributed by atoms with van der Waals surface area (Å²) in [7, 11) is 0. The number of aryl methyl sites for hydroxylation is 1. The van der Waals surface area contributed by atoms with Gasteiger partial charge in [-0.1, -0.05) is 0 Å². The molecule has 0 bridgehead atoms. The van der Waals surface area contributed by atoms with Crippen LogP contribution in [0, 0.1) is 6.92 Å². The molecule has 0 spiro atoms. The van der Waals surface area contributed by atoms with Gasteiger partial charge in [0.25, 0.3) is 0 Å². The van der Waals surface area contributed by atoms with E-state index in [1.54, 1.807) is 18.3 Å². The zero-order valence-electron chi connectivity index (χ0n) is 7.39. The number of carbonyl (C=O) groups is 1. The summed E-state index contributed by atoms with van der Waals surface area (Å²) in [5, 5.41) is 2.12. The van der Waals surface area contributed by atoms with Crippen molar-refractivity contribution in [3.05, 3.63) is 21.9 Å². The number of thiophene rings is 1. The van der Waals surface area contributed by atoms with E-state index in [2.05, 4.69) is 18.4 Å². The van der Waals surface area contributed by atoms with Crippen molar-refractivity contribution in [1.29, 1.82) is 0 Å². The van der Waals surface area contributed by atoms with Crippen LogP contribution in [0.4, 0.5) is 0 Å². The molecule has 0 unspecified atom stereocenters. The molecular weight excluding hydrogens is 168 g/mol. The Balaban J connectivity index is 2.36. The number of hydrogen-bond acceptors (Lipinski definition) is 2. The Bertz CT molecular complexity index is 320. The van der Waals surface area contributed by atoms with E-state index >= 15 is 0 Å². The van der Waals surface area contributed by atoms with Crippen LogP contribution in [0.5, 0.6) is 0 Å². The van der Waals surface area contributed by atoms with Gasteiger partial charge in [0.2, 0.25) is 0 Å². The number of carbonyl (C=O) groups excluding carboxylic acids is 1. The summed E-state index contributed by atoms with van der Waals surface area (Å²) in [5.74, 6) is 0.337. The van der Waals surface area contributed by atoms with E-state index < -0.39 is 0 Å². The van der Waals surface area contributed by atoms with Crippen LogP contribution in [0.15, 0.2) is 11.4 Å². The predicted octanol–water partition coefficient (Wildman–Crippen LogP) is 2.68. The van der Waals surface area contributed by atoms with E-state index in [-0.39, 0.29) is 5.41 Å². The van der Waals surface area contributed by atoms with Gasteiger partial charge in [-0.2, -0.15) is 0 Å². The summed E-state index contributed by atoms with van der Waals surface area (Å²) < 4.78 is 0. The van der Waals surface area contributed by atoms with Crippen LogP contribution >= 0.6 is 11.3 Å². The maximum absolute atomic E-state index is 11.3. The standard InChI is InChI=1S/C10H12OS/c1-7-5-9(12-6-7)10(3-4-10)8(2)11/h5-6H,3-4H2,1-2H3. The van der Waals surface area contributed by atoms with Crippen LogP contribution < -0.4 is 0 Å². The first kappa shape index (κ1) is 7.99. The fourth-order valence-corrected chi connectivity index (χ4v) is 2.79. The number of ketones is 1. The van der Waals surface area contributed by atoms with Crippen LogP contribution in [0.1, 0.15) is 30.2 Å². The molecule has 1 nitrogen and oxygen atoms in total. The van der Waals surface area contributed by atoms with E-state index in [0.29, 0.717) is 5.78 Å². The Labute approximate surface area is 76.4 Å². The Morgan fingerprint density at radius 3 is 2.58 bits per heavy atom. The van der Waals surface area contributed by atoms with Crippen molar-refractivity contribution in [3.8, 4) is 0 Å². The van der Waals surface area contributed by atoms with Crippen molar-refractivity contribution >= 4 is 17.1 Å². The summed E-state index contributed by atoms with van der Waals surface area (Å²) in [6.07, 6.45) is 2.12. The van der Waals surface area contributed by atoms with Gasteiger partial charge in [-0.3, -0.25) is 4.79 Å². The largest absolute Gasteiger partial charge is 0.299 e. The minimum atomic E-state index is -0.0566. The lowest BCUT2D eigenvalue weighted by molar-refractivity contribution is -0.119. The average molecular weight is 180 g/mol. The van der Waals surface area contributed by atoms with Gasteiger partial charge in [0.05, 0.1) is 5.41 Å². The summed E-state index contributed by atoms with van der Waals surface area (Å²) in [6.45, 7) is 3.79. The maximum atomic E-state index is 11.3. The summed E-state index contributed by atoms with van der Waals surface area (Å²) in [4.78, 5) is 12.6. The van der Waals surface area contributed by atoms with Crippen molar-refractivity contribution in [1.82, 2.24) is 0 Å². The minimum Gasteiger partial charge on any atom is -0.299 e. The fourth-order valence-electron chi connectivity index (χ4n) is 1.58. The molecule has 0 aliphatic heterocycles. The molecule has 0 radical (unpaired) electrons. The Kier molecular flexibility index (Phi) is 1.62. The van der Waals surface area contributed by atoms with Crippen LogP contribution in [-0.4, -0.2) is 5.78 Å². The Morgan fingerprint density at radius 2 is 2.25 bits per heavy atom. The molecule has 2 rings (SSSR count). The molecule has 64 valence electrons. The van der Waals surface area contributed by atoms with Gasteiger partial charge in [0, 0.05) is 4.88 Å². The van der Waals surface area contributed by atoms with Crippen molar-refractivity contribution in [2.75, 3.05) is 0 Å². The third-order valence-electron chi connectivity index (χ3n) is 2.63. The molecule has 1 saturated carbocycles. The molecule has 1 aliphatic rings. The Hall–Kier alpha value is -0.630. The van der Waals surface area contributed by atoms with Crippen molar-refractivity contribution in [2.45, 2.75) is 32.1 Å². The van der Waals surface area contributed by atoms with E-state index in [4.69, 9.17) is 0 Å². The van der Waals surface area contributed by atoms with Crippen molar-refractivity contribution < 1.29 is 4.79 Å². The molecule has 1 aliphatic carbocycles. The molecule has 2 heteroatoms.